The quantitative estimate of drug-likeness (QED) is 0.0765. The van der Waals surface area contributed by atoms with Crippen LogP contribution in [-0.2, 0) is 12.4 Å². The van der Waals surface area contributed by atoms with Gasteiger partial charge in [0.1, 0.15) is 0 Å². The molecule has 0 aliphatic heterocycles. The first-order valence-corrected chi connectivity index (χ1v) is 25.0. The second-order valence-corrected chi connectivity index (χ2v) is 19.6. The van der Waals surface area contributed by atoms with Crippen LogP contribution in [0.3, 0.4) is 0 Å². The first kappa shape index (κ1) is 49.3. The van der Waals surface area contributed by atoms with Gasteiger partial charge in [-0.2, -0.15) is 26.3 Å². The van der Waals surface area contributed by atoms with Crippen LogP contribution >= 0.6 is 0 Å². The van der Waals surface area contributed by atoms with Crippen LogP contribution in [0.25, 0.3) is 67.4 Å². The topological polar surface area (TPSA) is 6.48 Å². The molecule has 0 unspecified atom stereocenters. The fourth-order valence-electron chi connectivity index (χ4n) is 10.2. The lowest BCUT2D eigenvalue weighted by Gasteiger charge is -2.26. The average molecular weight is 1010 g/mol. The average Bonchev–Trinajstić information content (AvgIpc) is 3.52. The van der Waals surface area contributed by atoms with E-state index in [1.165, 1.54) is 23.3 Å². The lowest BCUT2D eigenvalue weighted by Crippen LogP contribution is -2.18. The number of rotatable bonds is 10. The Kier molecular flexibility index (Phi) is 12.8. The van der Waals surface area contributed by atoms with E-state index in [0.29, 0.717) is 11.1 Å². The summed E-state index contributed by atoms with van der Waals surface area (Å²) in [7, 11) is 0. The van der Waals surface area contributed by atoms with Crippen LogP contribution in [0.5, 0.6) is 0 Å². The van der Waals surface area contributed by atoms with E-state index in [9.17, 15) is 26.3 Å². The number of anilines is 6. The van der Waals surface area contributed by atoms with Gasteiger partial charge in [0.05, 0.1) is 11.1 Å². The molecule has 0 saturated carbocycles. The van der Waals surface area contributed by atoms with Crippen molar-refractivity contribution in [2.75, 3.05) is 9.80 Å². The third kappa shape index (κ3) is 10.1. The fourth-order valence-corrected chi connectivity index (χ4v) is 10.2. The van der Waals surface area contributed by atoms with Crippen molar-refractivity contribution >= 4 is 102 Å². The standard InChI is InChI=1S/C68H50F6N2/c1-43-7-25-55(26-8-43)75(59-33-23-51-37-45(3)5-21-53(51)41-59)57-29-15-47(16-30-57)11-13-49-19-35-61-63(39-49)64-40-50(20-36-62(64)66(68(72,73)74)65(61)67(69,70)71)14-12-48-17-31-58(32-18-48)76(56-27-9-44(2)10-28-56)60-34-24-52-38-46(4)6-22-54(52)42-60/h5-42H,1-4H3/b13-11-,14-12-. The number of hydrogen-bond donors (Lipinski definition) is 0. The molecule has 11 aromatic carbocycles. The molecule has 0 saturated heterocycles. The Morgan fingerprint density at radius 1 is 0.263 bits per heavy atom. The maximum absolute atomic E-state index is 14.9. The maximum atomic E-state index is 14.9. The Labute approximate surface area is 437 Å². The number of nitrogens with zero attached hydrogens (tertiary/aromatic N) is 2. The van der Waals surface area contributed by atoms with Gasteiger partial charge in [-0.1, -0.05) is 168 Å². The lowest BCUT2D eigenvalue weighted by molar-refractivity contribution is -0.160. The zero-order valence-electron chi connectivity index (χ0n) is 42.1. The number of hydrogen-bond acceptors (Lipinski definition) is 2. The minimum atomic E-state index is -5.29. The summed E-state index contributed by atoms with van der Waals surface area (Å²) in [5, 5.41) is 3.60. The summed E-state index contributed by atoms with van der Waals surface area (Å²) in [5.74, 6) is 0. The molecule has 0 N–H and O–H groups in total. The Morgan fingerprint density at radius 3 is 0.895 bits per heavy atom. The van der Waals surface area contributed by atoms with E-state index in [-0.39, 0.29) is 10.8 Å². The Balaban J connectivity index is 0.925. The Bertz CT molecular complexity index is 3770. The first-order chi connectivity index (χ1) is 36.5. The van der Waals surface area contributed by atoms with Gasteiger partial charge in [0.15, 0.2) is 0 Å². The van der Waals surface area contributed by atoms with Crippen LogP contribution in [0, 0.1) is 27.7 Å². The molecule has 0 bridgehead atoms. The molecule has 11 aromatic rings. The van der Waals surface area contributed by atoms with Gasteiger partial charge in [0, 0.05) is 34.1 Å². The monoisotopic (exact) mass is 1010 g/mol. The van der Waals surface area contributed by atoms with Gasteiger partial charge in [0.25, 0.3) is 0 Å². The molecule has 0 aliphatic carbocycles. The lowest BCUT2D eigenvalue weighted by atomic mass is 9.89. The van der Waals surface area contributed by atoms with Crippen molar-refractivity contribution in [3.63, 3.8) is 0 Å². The van der Waals surface area contributed by atoms with Gasteiger partial charge >= 0.3 is 12.4 Å². The van der Waals surface area contributed by atoms with E-state index in [2.05, 4.69) is 145 Å². The number of fused-ring (bicyclic) bond motifs is 5. The predicted octanol–water partition coefficient (Wildman–Crippen LogP) is 20.9. The fraction of sp³-hybridized carbons (Fsp3) is 0.0882. The second-order valence-electron chi connectivity index (χ2n) is 19.6. The highest BCUT2D eigenvalue weighted by Crippen LogP contribution is 2.49. The molecule has 0 aliphatic rings. The van der Waals surface area contributed by atoms with Crippen molar-refractivity contribution in [2.45, 2.75) is 40.0 Å². The third-order valence-electron chi connectivity index (χ3n) is 14.0. The van der Waals surface area contributed by atoms with Crippen molar-refractivity contribution in [3.8, 4) is 0 Å². The minimum absolute atomic E-state index is 0.0618. The Hall–Kier alpha value is -8.88. The highest BCUT2D eigenvalue weighted by atomic mass is 19.4. The Morgan fingerprint density at radius 2 is 0.539 bits per heavy atom. The summed E-state index contributed by atoms with van der Waals surface area (Å²) >= 11 is 0. The van der Waals surface area contributed by atoms with Crippen LogP contribution in [0.15, 0.2) is 206 Å². The van der Waals surface area contributed by atoms with E-state index in [4.69, 9.17) is 0 Å². The summed E-state index contributed by atoms with van der Waals surface area (Å²) in [5.41, 5.74) is 9.72. The van der Waals surface area contributed by atoms with Crippen molar-refractivity contribution in [1.82, 2.24) is 0 Å². The van der Waals surface area contributed by atoms with Gasteiger partial charge < -0.3 is 9.80 Å². The zero-order chi connectivity index (χ0) is 52.9. The maximum Gasteiger partial charge on any atom is 0.417 e. The molecule has 0 spiro atoms. The van der Waals surface area contributed by atoms with Gasteiger partial charge in [-0.25, -0.2) is 0 Å². The molecule has 11 rings (SSSR count). The summed E-state index contributed by atoms with van der Waals surface area (Å²) in [6.45, 7) is 8.24. The summed E-state index contributed by atoms with van der Waals surface area (Å²) < 4.78 is 89.6. The van der Waals surface area contributed by atoms with Gasteiger partial charge in [0.2, 0.25) is 0 Å². The van der Waals surface area contributed by atoms with E-state index in [1.807, 2.05) is 74.5 Å². The van der Waals surface area contributed by atoms with Crippen molar-refractivity contribution in [3.05, 3.63) is 262 Å². The summed E-state index contributed by atoms with van der Waals surface area (Å²) in [6.07, 6.45) is -3.36. The summed E-state index contributed by atoms with van der Waals surface area (Å²) in [4.78, 5) is 4.37. The zero-order valence-corrected chi connectivity index (χ0v) is 42.1. The largest absolute Gasteiger partial charge is 0.417 e. The second kappa shape index (κ2) is 19.8. The smallest absolute Gasteiger partial charge is 0.310 e. The third-order valence-corrected chi connectivity index (χ3v) is 14.0. The van der Waals surface area contributed by atoms with E-state index in [0.717, 1.165) is 90.1 Å². The SMILES string of the molecule is Cc1ccc(N(c2ccc(/C=C\c3ccc4c(C(F)(F)F)c(C(F)(F)F)c5ccc(/C=C\c6ccc(N(c7ccc(C)cc7)c7ccc8cc(C)ccc8c7)cc6)cc5c4c3)cc2)c2ccc3cc(C)ccc3c2)cc1. The summed E-state index contributed by atoms with van der Waals surface area (Å²) in [6, 6.07) is 66.3. The number of benzene rings is 11. The molecular formula is C68H50F6N2. The molecule has 0 aromatic heterocycles. The van der Waals surface area contributed by atoms with Crippen LogP contribution in [0.1, 0.15) is 55.6 Å². The van der Waals surface area contributed by atoms with E-state index >= 15 is 0 Å². The normalized spacial score (nSPS) is 12.2. The highest BCUT2D eigenvalue weighted by molar-refractivity contribution is 6.12. The molecule has 0 radical (unpaired) electrons. The van der Waals surface area contributed by atoms with Crippen molar-refractivity contribution in [2.24, 2.45) is 0 Å². The molecule has 0 heterocycles. The van der Waals surface area contributed by atoms with Gasteiger partial charge in [-0.15, -0.1) is 0 Å². The van der Waals surface area contributed by atoms with Crippen molar-refractivity contribution < 1.29 is 26.3 Å². The first-order valence-electron chi connectivity index (χ1n) is 25.0. The van der Waals surface area contributed by atoms with E-state index in [1.54, 1.807) is 24.3 Å². The molecule has 0 amide bonds. The molecule has 8 heteroatoms. The molecule has 0 atom stereocenters. The van der Waals surface area contributed by atoms with Gasteiger partial charge in [-0.05, 0) is 178 Å². The number of halogens is 6. The van der Waals surface area contributed by atoms with Gasteiger partial charge in [-0.3, -0.25) is 0 Å². The molecule has 2 nitrogen and oxygen atoms in total. The molecule has 76 heavy (non-hydrogen) atoms. The number of aryl methyl sites for hydroxylation is 4. The highest BCUT2D eigenvalue weighted by Gasteiger charge is 2.46. The minimum Gasteiger partial charge on any atom is -0.310 e. The van der Waals surface area contributed by atoms with Crippen LogP contribution in [0.4, 0.5) is 60.5 Å². The van der Waals surface area contributed by atoms with Crippen LogP contribution < -0.4 is 9.80 Å². The predicted molar refractivity (Wildman–Crippen MR) is 306 cm³/mol. The molecular weight excluding hydrogens is 959 g/mol. The number of alkyl halides is 6. The molecule has 374 valence electrons. The van der Waals surface area contributed by atoms with E-state index < -0.39 is 34.3 Å². The van der Waals surface area contributed by atoms with Crippen LogP contribution in [0.2, 0.25) is 0 Å². The van der Waals surface area contributed by atoms with Crippen LogP contribution in [-0.4, -0.2) is 0 Å². The molecule has 0 fully saturated rings. The van der Waals surface area contributed by atoms with Crippen molar-refractivity contribution in [1.29, 1.82) is 0 Å².